The predicted octanol–water partition coefficient (Wildman–Crippen LogP) is 2.63. The molecule has 0 bridgehead atoms. The molecular weight excluding hydrogens is 302 g/mol. The molecule has 0 aromatic heterocycles. The van der Waals surface area contributed by atoms with Gasteiger partial charge in [-0.2, -0.15) is 4.31 Å². The first-order chi connectivity index (χ1) is 10.6. The molecule has 2 aromatic carbocycles. The van der Waals surface area contributed by atoms with Gasteiger partial charge < -0.3 is 9.47 Å². The van der Waals surface area contributed by atoms with E-state index in [1.807, 2.05) is 19.1 Å². The van der Waals surface area contributed by atoms with Crippen LogP contribution in [0.4, 0.5) is 0 Å². The van der Waals surface area contributed by atoms with Crippen molar-refractivity contribution in [3.63, 3.8) is 0 Å². The quantitative estimate of drug-likeness (QED) is 0.850. The molecule has 22 heavy (non-hydrogen) atoms. The molecule has 5 nitrogen and oxygen atoms in total. The summed E-state index contributed by atoms with van der Waals surface area (Å²) in [5.41, 5.74) is 0.866. The molecule has 1 aliphatic heterocycles. The van der Waals surface area contributed by atoms with E-state index in [1.165, 1.54) is 4.31 Å². The Morgan fingerprint density at radius 2 is 1.77 bits per heavy atom. The minimum absolute atomic E-state index is 0.207. The van der Waals surface area contributed by atoms with Crippen LogP contribution < -0.4 is 9.47 Å². The van der Waals surface area contributed by atoms with Crippen molar-refractivity contribution in [2.45, 2.75) is 18.4 Å². The number of benzene rings is 2. The number of hydrogen-bond donors (Lipinski definition) is 0. The monoisotopic (exact) mass is 319 g/mol. The van der Waals surface area contributed by atoms with E-state index in [0.29, 0.717) is 29.5 Å². The molecule has 1 heterocycles. The minimum Gasteiger partial charge on any atom is -0.454 e. The molecule has 0 amide bonds. The molecule has 0 saturated heterocycles. The normalized spacial score (nSPS) is 13.5. The molecule has 0 spiro atoms. The summed E-state index contributed by atoms with van der Waals surface area (Å²) in [7, 11) is -3.50. The van der Waals surface area contributed by atoms with Gasteiger partial charge in [0.15, 0.2) is 11.5 Å². The van der Waals surface area contributed by atoms with Gasteiger partial charge in [0.1, 0.15) is 0 Å². The Hall–Kier alpha value is -2.05. The van der Waals surface area contributed by atoms with Crippen molar-refractivity contribution in [1.29, 1.82) is 0 Å². The van der Waals surface area contributed by atoms with Crippen LogP contribution in [0.1, 0.15) is 12.5 Å². The summed E-state index contributed by atoms with van der Waals surface area (Å²) in [5.74, 6) is 1.35. The highest BCUT2D eigenvalue weighted by molar-refractivity contribution is 7.89. The largest absolute Gasteiger partial charge is 0.454 e. The van der Waals surface area contributed by atoms with Crippen LogP contribution in [-0.2, 0) is 16.6 Å². The van der Waals surface area contributed by atoms with Gasteiger partial charge in [-0.25, -0.2) is 8.42 Å². The Bertz CT molecular complexity index is 759. The molecule has 0 radical (unpaired) electrons. The molecule has 1 aliphatic rings. The SMILES string of the molecule is CCN(Cc1ccc2c(c1)OCO2)S(=O)(=O)c1ccccc1. The Kier molecular flexibility index (Phi) is 4.04. The number of sulfonamides is 1. The van der Waals surface area contributed by atoms with Crippen LogP contribution in [0, 0.1) is 0 Å². The van der Waals surface area contributed by atoms with Crippen molar-refractivity contribution in [2.24, 2.45) is 0 Å². The molecule has 0 fully saturated rings. The van der Waals surface area contributed by atoms with E-state index in [1.54, 1.807) is 36.4 Å². The summed E-state index contributed by atoms with van der Waals surface area (Å²) in [4.78, 5) is 0.303. The fourth-order valence-corrected chi connectivity index (χ4v) is 3.81. The van der Waals surface area contributed by atoms with Crippen molar-refractivity contribution in [3.05, 3.63) is 54.1 Å². The second-order valence-corrected chi connectivity index (χ2v) is 6.87. The zero-order chi connectivity index (χ0) is 15.6. The smallest absolute Gasteiger partial charge is 0.243 e. The summed E-state index contributed by atoms with van der Waals surface area (Å²) in [5, 5.41) is 0. The van der Waals surface area contributed by atoms with Crippen LogP contribution in [0.15, 0.2) is 53.4 Å². The van der Waals surface area contributed by atoms with E-state index in [2.05, 4.69) is 0 Å². The van der Waals surface area contributed by atoms with E-state index in [4.69, 9.17) is 9.47 Å². The minimum atomic E-state index is -3.50. The summed E-state index contributed by atoms with van der Waals surface area (Å²) < 4.78 is 37.4. The molecule has 3 rings (SSSR count). The molecule has 0 N–H and O–H groups in total. The Morgan fingerprint density at radius 1 is 1.05 bits per heavy atom. The van der Waals surface area contributed by atoms with Gasteiger partial charge >= 0.3 is 0 Å². The van der Waals surface area contributed by atoms with Crippen LogP contribution in [0.3, 0.4) is 0 Å². The molecule has 0 saturated carbocycles. The second kappa shape index (κ2) is 5.98. The zero-order valence-corrected chi connectivity index (χ0v) is 13.0. The van der Waals surface area contributed by atoms with E-state index in [0.717, 1.165) is 5.56 Å². The molecule has 2 aromatic rings. The van der Waals surface area contributed by atoms with Gasteiger partial charge in [0.25, 0.3) is 0 Å². The average Bonchev–Trinajstić information content (AvgIpc) is 3.01. The van der Waals surface area contributed by atoms with Gasteiger partial charge in [-0.3, -0.25) is 0 Å². The lowest BCUT2D eigenvalue weighted by Crippen LogP contribution is -2.30. The van der Waals surface area contributed by atoms with E-state index in [9.17, 15) is 8.42 Å². The molecule has 0 aliphatic carbocycles. The van der Waals surface area contributed by atoms with Crippen molar-refractivity contribution >= 4 is 10.0 Å². The third-order valence-electron chi connectivity index (χ3n) is 3.53. The third kappa shape index (κ3) is 2.80. The third-order valence-corrected chi connectivity index (χ3v) is 5.46. The van der Waals surface area contributed by atoms with Crippen LogP contribution in [0.25, 0.3) is 0 Å². The van der Waals surface area contributed by atoms with Crippen molar-refractivity contribution in [3.8, 4) is 11.5 Å². The van der Waals surface area contributed by atoms with Crippen LogP contribution >= 0.6 is 0 Å². The molecule has 6 heteroatoms. The van der Waals surface area contributed by atoms with Gasteiger partial charge in [-0.1, -0.05) is 31.2 Å². The van der Waals surface area contributed by atoms with E-state index >= 15 is 0 Å². The fourth-order valence-electron chi connectivity index (χ4n) is 2.35. The predicted molar refractivity (Wildman–Crippen MR) is 82.3 cm³/mol. The number of hydrogen-bond acceptors (Lipinski definition) is 4. The summed E-state index contributed by atoms with van der Waals surface area (Å²) in [6.45, 7) is 2.72. The van der Waals surface area contributed by atoms with Crippen molar-refractivity contribution in [1.82, 2.24) is 4.31 Å². The van der Waals surface area contributed by atoms with Gasteiger partial charge in [0.2, 0.25) is 16.8 Å². The van der Waals surface area contributed by atoms with Crippen LogP contribution in [0.5, 0.6) is 11.5 Å². The van der Waals surface area contributed by atoms with Crippen LogP contribution in [0.2, 0.25) is 0 Å². The average molecular weight is 319 g/mol. The maximum atomic E-state index is 12.7. The Balaban J connectivity index is 1.86. The number of nitrogens with zero attached hydrogens (tertiary/aromatic N) is 1. The zero-order valence-electron chi connectivity index (χ0n) is 12.2. The van der Waals surface area contributed by atoms with Gasteiger partial charge in [-0.15, -0.1) is 0 Å². The van der Waals surface area contributed by atoms with Gasteiger partial charge in [0, 0.05) is 13.1 Å². The lowest BCUT2D eigenvalue weighted by Gasteiger charge is -2.20. The number of fused-ring (bicyclic) bond motifs is 1. The summed E-state index contributed by atoms with van der Waals surface area (Å²) >= 11 is 0. The second-order valence-electron chi connectivity index (χ2n) is 4.93. The van der Waals surface area contributed by atoms with Gasteiger partial charge in [0.05, 0.1) is 4.90 Å². The standard InChI is InChI=1S/C16H17NO4S/c1-2-17(22(18,19)14-6-4-3-5-7-14)11-13-8-9-15-16(10-13)21-12-20-15/h3-10H,2,11-12H2,1H3. The number of rotatable bonds is 5. The summed E-state index contributed by atoms with van der Waals surface area (Å²) in [6, 6.07) is 14.0. The van der Waals surface area contributed by atoms with Crippen LogP contribution in [-0.4, -0.2) is 26.1 Å². The lowest BCUT2D eigenvalue weighted by molar-refractivity contribution is 0.174. The molecular formula is C16H17NO4S. The Labute approximate surface area is 130 Å². The fraction of sp³-hybridized carbons (Fsp3) is 0.250. The number of ether oxygens (including phenoxy) is 2. The highest BCUT2D eigenvalue weighted by atomic mass is 32.2. The molecule has 116 valence electrons. The van der Waals surface area contributed by atoms with E-state index < -0.39 is 10.0 Å². The first-order valence-corrected chi connectivity index (χ1v) is 8.49. The highest BCUT2D eigenvalue weighted by Crippen LogP contribution is 2.33. The Morgan fingerprint density at radius 3 is 2.50 bits per heavy atom. The topological polar surface area (TPSA) is 55.8 Å². The first-order valence-electron chi connectivity index (χ1n) is 7.05. The maximum Gasteiger partial charge on any atom is 0.243 e. The van der Waals surface area contributed by atoms with Gasteiger partial charge in [-0.05, 0) is 29.8 Å². The maximum absolute atomic E-state index is 12.7. The van der Waals surface area contributed by atoms with E-state index in [-0.39, 0.29) is 6.79 Å². The van der Waals surface area contributed by atoms with Crippen molar-refractivity contribution in [2.75, 3.05) is 13.3 Å². The highest BCUT2D eigenvalue weighted by Gasteiger charge is 2.23. The molecule has 0 unspecified atom stereocenters. The lowest BCUT2D eigenvalue weighted by atomic mass is 10.2. The molecule has 0 atom stereocenters. The summed E-state index contributed by atoms with van der Waals surface area (Å²) in [6.07, 6.45) is 0. The van der Waals surface area contributed by atoms with Crippen molar-refractivity contribution < 1.29 is 17.9 Å². The first kappa shape index (κ1) is 14.9.